The quantitative estimate of drug-likeness (QED) is 0.556. The summed E-state index contributed by atoms with van der Waals surface area (Å²) in [7, 11) is 5.03. The monoisotopic (exact) mass is 443 g/mol. The van der Waals surface area contributed by atoms with E-state index >= 15 is 0 Å². The van der Waals surface area contributed by atoms with Crippen molar-refractivity contribution in [1.29, 1.82) is 0 Å². The highest BCUT2D eigenvalue weighted by Gasteiger charge is 2.11. The molecule has 3 aromatic rings. The lowest BCUT2D eigenvalue weighted by molar-refractivity contribution is -0.113. The number of hydrogen-bond acceptors (Lipinski definition) is 7. The van der Waals surface area contributed by atoms with Crippen molar-refractivity contribution in [1.82, 2.24) is 19.7 Å². The molecule has 0 aliphatic carbocycles. The molecule has 3 rings (SSSR count). The molecule has 0 saturated heterocycles. The Hall–Kier alpha value is -2.98. The lowest BCUT2D eigenvalue weighted by Crippen LogP contribution is -2.16. The van der Waals surface area contributed by atoms with Gasteiger partial charge in [0.2, 0.25) is 5.91 Å². The molecule has 0 bridgehead atoms. The predicted molar refractivity (Wildman–Crippen MR) is 119 cm³/mol. The number of thioether (sulfide) groups is 2. The van der Waals surface area contributed by atoms with Gasteiger partial charge in [-0.25, -0.2) is 0 Å². The Kier molecular flexibility index (Phi) is 7.36. The minimum Gasteiger partial charge on any atom is -0.497 e. The molecule has 0 atom stereocenters. The van der Waals surface area contributed by atoms with Crippen molar-refractivity contribution < 1.29 is 14.3 Å². The lowest BCUT2D eigenvalue weighted by Gasteiger charge is -2.10. The number of methoxy groups -OCH3 is 1. The van der Waals surface area contributed by atoms with E-state index in [1.807, 2.05) is 28.8 Å². The van der Waals surface area contributed by atoms with Gasteiger partial charge in [0.15, 0.2) is 5.16 Å². The summed E-state index contributed by atoms with van der Waals surface area (Å²) in [6.45, 7) is 0. The normalized spacial score (nSPS) is 10.5. The summed E-state index contributed by atoms with van der Waals surface area (Å²) >= 11 is 2.43. The fourth-order valence-corrected chi connectivity index (χ4v) is 3.75. The molecule has 0 saturated carbocycles. The van der Waals surface area contributed by atoms with Gasteiger partial charge in [-0.05, 0) is 60.3 Å². The molecule has 0 radical (unpaired) electrons. The third-order valence-electron chi connectivity index (χ3n) is 3.91. The summed E-state index contributed by atoms with van der Waals surface area (Å²) in [6.07, 6.45) is 1.60. The Labute approximate surface area is 183 Å². The van der Waals surface area contributed by atoms with Crippen LogP contribution in [0.2, 0.25) is 0 Å². The lowest BCUT2D eigenvalue weighted by atomic mass is 10.3. The second kappa shape index (κ2) is 10.2. The third-order valence-corrected chi connectivity index (χ3v) is 5.90. The molecule has 2 amide bonds. The van der Waals surface area contributed by atoms with Gasteiger partial charge in [-0.3, -0.25) is 14.2 Å². The van der Waals surface area contributed by atoms with Crippen molar-refractivity contribution in [3.63, 3.8) is 0 Å². The van der Waals surface area contributed by atoms with Gasteiger partial charge in [0.05, 0.1) is 12.9 Å². The van der Waals surface area contributed by atoms with Crippen LogP contribution in [0.25, 0.3) is 5.69 Å². The first-order valence-electron chi connectivity index (χ1n) is 8.92. The number of aromatic nitrogens is 3. The van der Waals surface area contributed by atoms with Crippen LogP contribution in [0.3, 0.4) is 0 Å². The zero-order chi connectivity index (χ0) is 21.5. The van der Waals surface area contributed by atoms with E-state index in [9.17, 15) is 9.59 Å². The molecule has 1 N–H and O–H groups in total. The number of carbonyl (C=O) groups is 2. The number of anilines is 1. The first-order chi connectivity index (χ1) is 14.5. The molecule has 0 unspecified atom stereocenters. The third kappa shape index (κ3) is 5.77. The molecule has 0 fully saturated rings. The summed E-state index contributed by atoms with van der Waals surface area (Å²) in [6, 6.07) is 14.6. The van der Waals surface area contributed by atoms with E-state index in [0.29, 0.717) is 10.8 Å². The average molecular weight is 444 g/mol. The number of rotatable bonds is 7. The van der Waals surface area contributed by atoms with Crippen molar-refractivity contribution in [2.45, 2.75) is 10.1 Å². The maximum Gasteiger partial charge on any atom is 0.285 e. The average Bonchev–Trinajstić information content (AvgIpc) is 3.22. The molecule has 0 aliphatic heterocycles. The number of hydrogen-bond donors (Lipinski definition) is 1. The maximum atomic E-state index is 12.3. The summed E-state index contributed by atoms with van der Waals surface area (Å²) in [5.41, 5.74) is 1.54. The minimum atomic E-state index is -0.158. The number of ether oxygens (including phenoxy) is 1. The standard InChI is InChI=1S/C20H21N5O3S2/c1-24(2)20(27)30-17-10-4-14(5-11-17)22-18(26)12-29-19-23-21-13-25(19)15-6-8-16(28-3)9-7-15/h4-11,13H,12H2,1-3H3,(H,22,26). The molecule has 0 spiro atoms. The van der Waals surface area contributed by atoms with Crippen LogP contribution in [0.4, 0.5) is 10.5 Å². The Bertz CT molecular complexity index is 1000. The Morgan fingerprint density at radius 1 is 1.10 bits per heavy atom. The van der Waals surface area contributed by atoms with Gasteiger partial charge in [0, 0.05) is 30.4 Å². The van der Waals surface area contributed by atoms with Crippen LogP contribution in [-0.2, 0) is 4.79 Å². The first kappa shape index (κ1) is 21.7. The predicted octanol–water partition coefficient (Wildman–Crippen LogP) is 3.78. The Morgan fingerprint density at radius 3 is 2.43 bits per heavy atom. The molecular formula is C20H21N5O3S2. The van der Waals surface area contributed by atoms with Crippen LogP contribution in [0, 0.1) is 0 Å². The maximum absolute atomic E-state index is 12.3. The van der Waals surface area contributed by atoms with E-state index in [1.54, 1.807) is 51.8 Å². The summed E-state index contributed by atoms with van der Waals surface area (Å²) < 4.78 is 6.98. The molecule has 1 aromatic heterocycles. The second-order valence-electron chi connectivity index (χ2n) is 6.31. The van der Waals surface area contributed by atoms with Crippen molar-refractivity contribution in [3.8, 4) is 11.4 Å². The van der Waals surface area contributed by atoms with E-state index < -0.39 is 0 Å². The highest BCUT2D eigenvalue weighted by Crippen LogP contribution is 2.24. The summed E-state index contributed by atoms with van der Waals surface area (Å²) in [4.78, 5) is 26.4. The molecular weight excluding hydrogens is 422 g/mol. The zero-order valence-electron chi connectivity index (χ0n) is 16.7. The van der Waals surface area contributed by atoms with Crippen LogP contribution < -0.4 is 10.1 Å². The Balaban J connectivity index is 1.55. The van der Waals surface area contributed by atoms with Gasteiger partial charge in [-0.1, -0.05) is 11.8 Å². The summed E-state index contributed by atoms with van der Waals surface area (Å²) in [5, 5.41) is 11.4. The van der Waals surface area contributed by atoms with Crippen molar-refractivity contribution in [3.05, 3.63) is 54.9 Å². The largest absolute Gasteiger partial charge is 0.497 e. The topological polar surface area (TPSA) is 89.3 Å². The van der Waals surface area contributed by atoms with Crippen LogP contribution >= 0.6 is 23.5 Å². The number of benzene rings is 2. The van der Waals surface area contributed by atoms with Gasteiger partial charge in [-0.15, -0.1) is 10.2 Å². The van der Waals surface area contributed by atoms with Gasteiger partial charge in [0.25, 0.3) is 5.24 Å². The van der Waals surface area contributed by atoms with E-state index in [2.05, 4.69) is 15.5 Å². The van der Waals surface area contributed by atoms with Crippen LogP contribution in [0.5, 0.6) is 5.75 Å². The van der Waals surface area contributed by atoms with E-state index in [-0.39, 0.29) is 16.9 Å². The smallest absolute Gasteiger partial charge is 0.285 e. The fourth-order valence-electron chi connectivity index (χ4n) is 2.37. The van der Waals surface area contributed by atoms with Crippen molar-refractivity contribution in [2.24, 2.45) is 0 Å². The van der Waals surface area contributed by atoms with Crippen molar-refractivity contribution >= 4 is 40.4 Å². The summed E-state index contributed by atoms with van der Waals surface area (Å²) in [5.74, 6) is 0.787. The number of nitrogens with one attached hydrogen (secondary N) is 1. The van der Waals surface area contributed by atoms with Crippen LogP contribution in [0.1, 0.15) is 0 Å². The first-order valence-corrected chi connectivity index (χ1v) is 10.7. The van der Waals surface area contributed by atoms with Crippen LogP contribution in [0.15, 0.2) is 64.9 Å². The van der Waals surface area contributed by atoms with E-state index in [4.69, 9.17) is 4.74 Å². The van der Waals surface area contributed by atoms with Gasteiger partial charge in [-0.2, -0.15) is 0 Å². The van der Waals surface area contributed by atoms with Crippen molar-refractivity contribution in [2.75, 3.05) is 32.3 Å². The van der Waals surface area contributed by atoms with Crippen LogP contribution in [-0.4, -0.2) is 57.8 Å². The fraction of sp³-hybridized carbons (Fsp3) is 0.200. The molecule has 8 nitrogen and oxygen atoms in total. The molecule has 10 heteroatoms. The highest BCUT2D eigenvalue weighted by atomic mass is 32.2. The molecule has 0 aliphatic rings. The molecule has 156 valence electrons. The van der Waals surface area contributed by atoms with Gasteiger partial charge in [0.1, 0.15) is 12.1 Å². The SMILES string of the molecule is COc1ccc(-n2cnnc2SCC(=O)Nc2ccc(SC(=O)N(C)C)cc2)cc1. The number of carbonyl (C=O) groups excluding carboxylic acids is 2. The molecule has 2 aromatic carbocycles. The molecule has 30 heavy (non-hydrogen) atoms. The molecule has 1 heterocycles. The highest BCUT2D eigenvalue weighted by molar-refractivity contribution is 8.13. The van der Waals surface area contributed by atoms with E-state index in [0.717, 1.165) is 28.1 Å². The van der Waals surface area contributed by atoms with E-state index in [1.165, 1.54) is 16.7 Å². The minimum absolute atomic E-state index is 0.0517. The van der Waals surface area contributed by atoms with Gasteiger partial charge >= 0.3 is 0 Å². The second-order valence-corrected chi connectivity index (χ2v) is 8.27. The number of amides is 2. The Morgan fingerprint density at radius 2 is 1.80 bits per heavy atom. The van der Waals surface area contributed by atoms with Gasteiger partial charge < -0.3 is 15.0 Å². The number of nitrogens with zero attached hydrogens (tertiary/aromatic N) is 4. The zero-order valence-corrected chi connectivity index (χ0v) is 18.4.